The SMILES string of the molecule is C=C1CC/C(=C/C=C2\CCCC3(C)C2CCC3C(C)CCCCC)CC1C. The maximum atomic E-state index is 4.24. The monoisotopic (exact) mass is 368 g/mol. The number of hydrogen-bond donors (Lipinski definition) is 0. The van der Waals surface area contributed by atoms with Gasteiger partial charge in [0.2, 0.25) is 0 Å². The maximum Gasteiger partial charge on any atom is -0.0143 e. The fraction of sp³-hybridized carbons (Fsp3) is 0.778. The van der Waals surface area contributed by atoms with Gasteiger partial charge >= 0.3 is 0 Å². The smallest absolute Gasteiger partial charge is 0.0143 e. The van der Waals surface area contributed by atoms with Crippen molar-refractivity contribution in [2.24, 2.45) is 29.1 Å². The van der Waals surface area contributed by atoms with Crippen LogP contribution in [0.25, 0.3) is 0 Å². The van der Waals surface area contributed by atoms with Gasteiger partial charge in [0.25, 0.3) is 0 Å². The van der Waals surface area contributed by atoms with Crippen LogP contribution < -0.4 is 0 Å². The van der Waals surface area contributed by atoms with Crippen molar-refractivity contribution >= 4 is 0 Å². The Labute approximate surface area is 169 Å². The van der Waals surface area contributed by atoms with Crippen LogP contribution in [0.4, 0.5) is 0 Å². The molecule has 0 aromatic rings. The van der Waals surface area contributed by atoms with E-state index >= 15 is 0 Å². The summed E-state index contributed by atoms with van der Waals surface area (Å²) in [7, 11) is 0. The second-order valence-corrected chi connectivity index (χ2v) is 10.4. The van der Waals surface area contributed by atoms with E-state index in [9.17, 15) is 0 Å². The first-order chi connectivity index (χ1) is 13.0. The minimum atomic E-state index is 0.572. The highest BCUT2D eigenvalue weighted by molar-refractivity contribution is 5.27. The fourth-order valence-corrected chi connectivity index (χ4v) is 6.72. The van der Waals surface area contributed by atoms with E-state index in [1.165, 1.54) is 82.6 Å². The van der Waals surface area contributed by atoms with Gasteiger partial charge in [-0.3, -0.25) is 0 Å². The van der Waals surface area contributed by atoms with Crippen LogP contribution in [0, 0.1) is 29.1 Å². The Balaban J connectivity index is 1.68. The predicted octanol–water partition coefficient (Wildman–Crippen LogP) is 8.65. The largest absolute Gasteiger partial charge is 0.0996 e. The minimum Gasteiger partial charge on any atom is -0.0996 e. The topological polar surface area (TPSA) is 0 Å². The molecule has 0 bridgehead atoms. The third-order valence-electron chi connectivity index (χ3n) is 8.55. The second kappa shape index (κ2) is 9.15. The average Bonchev–Trinajstić information content (AvgIpc) is 3.00. The molecule has 3 rings (SSSR count). The van der Waals surface area contributed by atoms with E-state index in [1.54, 1.807) is 11.1 Å². The molecule has 0 aliphatic heterocycles. The molecule has 0 radical (unpaired) electrons. The molecule has 3 saturated carbocycles. The Kier molecular flexibility index (Phi) is 7.09. The first kappa shape index (κ1) is 20.9. The van der Waals surface area contributed by atoms with Gasteiger partial charge in [-0.05, 0) is 80.5 Å². The van der Waals surface area contributed by atoms with Crippen LogP contribution in [0.5, 0.6) is 0 Å². The molecule has 0 heterocycles. The van der Waals surface area contributed by atoms with Crippen molar-refractivity contribution in [1.29, 1.82) is 0 Å². The lowest BCUT2D eigenvalue weighted by Gasteiger charge is -2.44. The highest BCUT2D eigenvalue weighted by Gasteiger charge is 2.50. The highest BCUT2D eigenvalue weighted by atomic mass is 14.5. The first-order valence-electron chi connectivity index (χ1n) is 12.0. The summed E-state index contributed by atoms with van der Waals surface area (Å²) >= 11 is 0. The van der Waals surface area contributed by atoms with Crippen molar-refractivity contribution < 1.29 is 0 Å². The molecule has 3 aliphatic carbocycles. The van der Waals surface area contributed by atoms with Gasteiger partial charge < -0.3 is 0 Å². The summed E-state index contributed by atoms with van der Waals surface area (Å²) in [5, 5.41) is 0. The number of allylic oxidation sites excluding steroid dienone is 5. The average molecular weight is 369 g/mol. The molecule has 0 nitrogen and oxygen atoms in total. The lowest BCUT2D eigenvalue weighted by Crippen LogP contribution is -2.36. The van der Waals surface area contributed by atoms with Crippen LogP contribution in [0.2, 0.25) is 0 Å². The Bertz CT molecular complexity index is 577. The van der Waals surface area contributed by atoms with E-state index < -0.39 is 0 Å². The Morgan fingerprint density at radius 2 is 1.96 bits per heavy atom. The summed E-state index contributed by atoms with van der Waals surface area (Å²) in [6.45, 7) is 14.1. The molecule has 3 fully saturated rings. The molecule has 0 amide bonds. The third-order valence-corrected chi connectivity index (χ3v) is 8.55. The molecule has 5 atom stereocenters. The third kappa shape index (κ3) is 4.63. The number of unbranched alkanes of at least 4 members (excludes halogenated alkanes) is 2. The van der Waals surface area contributed by atoms with Crippen LogP contribution >= 0.6 is 0 Å². The summed E-state index contributed by atoms with van der Waals surface area (Å²) in [5.41, 5.74) is 5.48. The van der Waals surface area contributed by atoms with Crippen LogP contribution in [-0.2, 0) is 0 Å². The number of fused-ring (bicyclic) bond motifs is 1. The van der Waals surface area contributed by atoms with Crippen molar-refractivity contribution in [1.82, 2.24) is 0 Å². The number of rotatable bonds is 6. The van der Waals surface area contributed by atoms with Gasteiger partial charge in [0.1, 0.15) is 0 Å². The van der Waals surface area contributed by atoms with Crippen molar-refractivity contribution in [3.05, 3.63) is 35.5 Å². The van der Waals surface area contributed by atoms with Gasteiger partial charge in [0.15, 0.2) is 0 Å². The normalized spacial score (nSPS) is 38.4. The molecule has 0 aromatic heterocycles. The van der Waals surface area contributed by atoms with Crippen molar-refractivity contribution in [3.8, 4) is 0 Å². The van der Waals surface area contributed by atoms with Gasteiger partial charge in [0, 0.05) is 0 Å². The van der Waals surface area contributed by atoms with Crippen molar-refractivity contribution in [2.75, 3.05) is 0 Å². The van der Waals surface area contributed by atoms with Crippen molar-refractivity contribution in [2.45, 2.75) is 105 Å². The molecule has 0 aromatic carbocycles. The Hall–Kier alpha value is -0.780. The summed E-state index contributed by atoms with van der Waals surface area (Å²) in [6, 6.07) is 0. The molecule has 0 N–H and O–H groups in total. The molecule has 0 saturated heterocycles. The van der Waals surface area contributed by atoms with Gasteiger partial charge in [-0.1, -0.05) is 88.8 Å². The molecule has 0 spiro atoms. The van der Waals surface area contributed by atoms with Crippen LogP contribution in [0.3, 0.4) is 0 Å². The minimum absolute atomic E-state index is 0.572. The van der Waals surface area contributed by atoms with E-state index in [-0.39, 0.29) is 0 Å². The fourth-order valence-electron chi connectivity index (χ4n) is 6.72. The molecule has 27 heavy (non-hydrogen) atoms. The lowest BCUT2D eigenvalue weighted by molar-refractivity contribution is 0.0932. The van der Waals surface area contributed by atoms with E-state index in [0.717, 1.165) is 17.8 Å². The summed E-state index contributed by atoms with van der Waals surface area (Å²) in [4.78, 5) is 0. The number of hydrogen-bond acceptors (Lipinski definition) is 0. The molecular formula is C27H44. The van der Waals surface area contributed by atoms with Crippen LogP contribution in [-0.4, -0.2) is 0 Å². The molecule has 5 unspecified atom stereocenters. The van der Waals surface area contributed by atoms with Gasteiger partial charge in [-0.15, -0.1) is 0 Å². The maximum absolute atomic E-state index is 4.24. The molecule has 152 valence electrons. The van der Waals surface area contributed by atoms with Crippen LogP contribution in [0.1, 0.15) is 105 Å². The van der Waals surface area contributed by atoms with E-state index in [0.29, 0.717) is 11.3 Å². The highest BCUT2D eigenvalue weighted by Crippen LogP contribution is 2.59. The van der Waals surface area contributed by atoms with Gasteiger partial charge in [0.05, 0.1) is 0 Å². The summed E-state index contributed by atoms with van der Waals surface area (Å²) in [6.07, 6.45) is 21.6. The predicted molar refractivity (Wildman–Crippen MR) is 120 cm³/mol. The summed E-state index contributed by atoms with van der Waals surface area (Å²) < 4.78 is 0. The lowest BCUT2D eigenvalue weighted by atomic mass is 9.60. The van der Waals surface area contributed by atoms with Gasteiger partial charge in [-0.2, -0.15) is 0 Å². The van der Waals surface area contributed by atoms with E-state index in [4.69, 9.17) is 0 Å². The molecule has 0 heteroatoms. The van der Waals surface area contributed by atoms with Crippen molar-refractivity contribution in [3.63, 3.8) is 0 Å². The van der Waals surface area contributed by atoms with Crippen LogP contribution in [0.15, 0.2) is 35.5 Å². The Morgan fingerprint density at radius 3 is 2.70 bits per heavy atom. The van der Waals surface area contributed by atoms with E-state index in [2.05, 4.69) is 46.4 Å². The second-order valence-electron chi connectivity index (χ2n) is 10.4. The zero-order valence-electron chi connectivity index (χ0n) is 18.7. The zero-order valence-corrected chi connectivity index (χ0v) is 18.7. The molecular weight excluding hydrogens is 324 g/mol. The molecule has 3 aliphatic rings. The zero-order chi connectivity index (χ0) is 19.4. The standard InChI is InChI=1S/C27H44/c1-6-7-8-10-21(3)25-16-17-26-24(11-9-18-27(25,26)5)15-14-23-13-12-20(2)22(4)19-23/h14-15,21-22,25-26H,2,6-13,16-19H2,1,3-5H3/b23-14-,24-15+. The van der Waals surface area contributed by atoms with Gasteiger partial charge in [-0.25, -0.2) is 0 Å². The quantitative estimate of drug-likeness (QED) is 0.325. The summed E-state index contributed by atoms with van der Waals surface area (Å²) in [5.74, 6) is 3.40. The van der Waals surface area contributed by atoms with E-state index in [1.807, 2.05) is 0 Å². The Morgan fingerprint density at radius 1 is 1.15 bits per heavy atom. The first-order valence-corrected chi connectivity index (χ1v) is 12.0.